The summed E-state index contributed by atoms with van der Waals surface area (Å²) in [6, 6.07) is 11.9. The largest absolute Gasteiger partial charge is 0.325 e. The molecule has 1 aromatic heterocycles. The van der Waals surface area contributed by atoms with E-state index in [0.29, 0.717) is 23.1 Å². The Morgan fingerprint density at radius 2 is 2.07 bits per heavy atom. The highest BCUT2D eigenvalue weighted by atomic mass is 79.9. The van der Waals surface area contributed by atoms with Crippen LogP contribution in [0.25, 0.3) is 11.4 Å². The van der Waals surface area contributed by atoms with Gasteiger partial charge in [-0.3, -0.25) is 14.9 Å². The SMILES string of the molecule is CCn1c(SCC(=O)Nc2ccc(Br)c(C)c2)nnc1-c1cccc([N+](=O)[O-])c1. The van der Waals surface area contributed by atoms with Crippen LogP contribution in [0.3, 0.4) is 0 Å². The predicted molar refractivity (Wildman–Crippen MR) is 116 cm³/mol. The Kier molecular flexibility index (Phi) is 6.65. The number of carbonyl (C=O) groups is 1. The van der Waals surface area contributed by atoms with Crippen LogP contribution in [-0.4, -0.2) is 31.3 Å². The lowest BCUT2D eigenvalue weighted by Gasteiger charge is -2.08. The number of aromatic nitrogens is 3. The van der Waals surface area contributed by atoms with Crippen molar-refractivity contribution in [2.24, 2.45) is 0 Å². The van der Waals surface area contributed by atoms with Crippen LogP contribution < -0.4 is 5.32 Å². The molecule has 0 saturated heterocycles. The third kappa shape index (κ3) is 5.01. The number of thioether (sulfide) groups is 1. The fraction of sp³-hybridized carbons (Fsp3) is 0.211. The van der Waals surface area contributed by atoms with Crippen LogP contribution in [0.4, 0.5) is 11.4 Å². The Hall–Kier alpha value is -2.72. The van der Waals surface area contributed by atoms with Crippen molar-refractivity contribution in [1.82, 2.24) is 14.8 Å². The van der Waals surface area contributed by atoms with Crippen molar-refractivity contribution in [2.45, 2.75) is 25.5 Å². The lowest BCUT2D eigenvalue weighted by Crippen LogP contribution is -2.14. The molecule has 0 saturated carbocycles. The molecule has 150 valence electrons. The number of anilines is 1. The van der Waals surface area contributed by atoms with Gasteiger partial charge in [-0.2, -0.15) is 0 Å². The number of hydrogen-bond acceptors (Lipinski definition) is 6. The molecule has 29 heavy (non-hydrogen) atoms. The maximum Gasteiger partial charge on any atom is 0.270 e. The van der Waals surface area contributed by atoms with Crippen molar-refractivity contribution in [3.63, 3.8) is 0 Å². The summed E-state index contributed by atoms with van der Waals surface area (Å²) in [6.07, 6.45) is 0. The quantitative estimate of drug-likeness (QED) is 0.302. The zero-order valence-corrected chi connectivity index (χ0v) is 18.2. The maximum absolute atomic E-state index is 12.3. The second kappa shape index (κ2) is 9.19. The third-order valence-corrected chi connectivity index (χ3v) is 5.98. The van der Waals surface area contributed by atoms with Crippen molar-refractivity contribution >= 4 is 45.0 Å². The van der Waals surface area contributed by atoms with Crippen LogP contribution in [0.15, 0.2) is 52.1 Å². The summed E-state index contributed by atoms with van der Waals surface area (Å²) in [5.41, 5.74) is 2.36. The highest BCUT2D eigenvalue weighted by Gasteiger charge is 2.17. The van der Waals surface area contributed by atoms with Gasteiger partial charge in [0.15, 0.2) is 11.0 Å². The molecule has 0 atom stereocenters. The number of nitrogens with one attached hydrogen (secondary N) is 1. The second-order valence-corrected chi connectivity index (χ2v) is 7.96. The highest BCUT2D eigenvalue weighted by Crippen LogP contribution is 2.27. The van der Waals surface area contributed by atoms with Gasteiger partial charge in [-0.15, -0.1) is 10.2 Å². The summed E-state index contributed by atoms with van der Waals surface area (Å²) in [5.74, 6) is 0.546. The van der Waals surface area contributed by atoms with E-state index in [1.54, 1.807) is 12.1 Å². The highest BCUT2D eigenvalue weighted by molar-refractivity contribution is 9.10. The van der Waals surface area contributed by atoms with E-state index in [-0.39, 0.29) is 17.3 Å². The number of hydrogen-bond donors (Lipinski definition) is 1. The van der Waals surface area contributed by atoms with Crippen LogP contribution >= 0.6 is 27.7 Å². The molecule has 0 aliphatic rings. The molecule has 0 fully saturated rings. The summed E-state index contributed by atoms with van der Waals surface area (Å²) in [7, 11) is 0. The Morgan fingerprint density at radius 1 is 1.28 bits per heavy atom. The van der Waals surface area contributed by atoms with Gasteiger partial charge < -0.3 is 9.88 Å². The zero-order chi connectivity index (χ0) is 21.0. The number of carbonyl (C=O) groups excluding carboxylic acids is 1. The summed E-state index contributed by atoms with van der Waals surface area (Å²) in [5, 5.41) is 22.8. The molecule has 0 bridgehead atoms. The normalized spacial score (nSPS) is 10.7. The van der Waals surface area contributed by atoms with Gasteiger partial charge in [-0.25, -0.2) is 0 Å². The predicted octanol–water partition coefficient (Wildman–Crippen LogP) is 4.67. The van der Waals surface area contributed by atoms with Gasteiger partial charge >= 0.3 is 0 Å². The molecule has 3 rings (SSSR count). The van der Waals surface area contributed by atoms with Crippen molar-refractivity contribution < 1.29 is 9.72 Å². The fourth-order valence-electron chi connectivity index (χ4n) is 2.70. The summed E-state index contributed by atoms with van der Waals surface area (Å²) in [6.45, 7) is 4.45. The Bertz CT molecular complexity index is 1070. The first-order valence-electron chi connectivity index (χ1n) is 8.76. The number of benzene rings is 2. The van der Waals surface area contributed by atoms with Gasteiger partial charge in [0.05, 0.1) is 10.7 Å². The molecule has 1 amide bonds. The van der Waals surface area contributed by atoms with E-state index in [9.17, 15) is 14.9 Å². The van der Waals surface area contributed by atoms with Crippen molar-refractivity contribution in [3.8, 4) is 11.4 Å². The first-order valence-corrected chi connectivity index (χ1v) is 10.5. The molecular formula is C19H18BrN5O3S. The monoisotopic (exact) mass is 475 g/mol. The molecule has 1 N–H and O–H groups in total. The fourth-order valence-corrected chi connectivity index (χ4v) is 3.75. The van der Waals surface area contributed by atoms with Crippen LogP contribution in [-0.2, 0) is 11.3 Å². The van der Waals surface area contributed by atoms with Crippen molar-refractivity contribution in [2.75, 3.05) is 11.1 Å². The number of non-ortho nitro benzene ring substituents is 1. The van der Waals surface area contributed by atoms with Gasteiger partial charge in [0, 0.05) is 34.4 Å². The molecular weight excluding hydrogens is 458 g/mol. The van der Waals surface area contributed by atoms with E-state index in [4.69, 9.17) is 0 Å². The van der Waals surface area contributed by atoms with Crippen molar-refractivity contribution in [1.29, 1.82) is 0 Å². The van der Waals surface area contributed by atoms with E-state index in [2.05, 4.69) is 31.4 Å². The zero-order valence-electron chi connectivity index (χ0n) is 15.8. The van der Waals surface area contributed by atoms with Gasteiger partial charge in [0.25, 0.3) is 5.69 Å². The molecule has 0 spiro atoms. The lowest BCUT2D eigenvalue weighted by molar-refractivity contribution is -0.384. The topological polar surface area (TPSA) is 103 Å². The molecule has 8 nitrogen and oxygen atoms in total. The minimum atomic E-state index is -0.444. The smallest absolute Gasteiger partial charge is 0.270 e. The molecule has 10 heteroatoms. The van der Waals surface area contributed by atoms with Crippen LogP contribution in [0.1, 0.15) is 12.5 Å². The van der Waals surface area contributed by atoms with Gasteiger partial charge in [-0.05, 0) is 37.6 Å². The Balaban J connectivity index is 1.72. The minimum absolute atomic E-state index is 0.00785. The Morgan fingerprint density at radius 3 is 2.76 bits per heavy atom. The van der Waals surface area contributed by atoms with E-state index in [0.717, 1.165) is 15.7 Å². The third-order valence-electron chi connectivity index (χ3n) is 4.12. The molecule has 0 aliphatic heterocycles. The molecule has 3 aromatic rings. The second-order valence-electron chi connectivity index (χ2n) is 6.16. The van der Waals surface area contributed by atoms with Gasteiger partial charge in [0.1, 0.15) is 0 Å². The van der Waals surface area contributed by atoms with Crippen molar-refractivity contribution in [3.05, 3.63) is 62.6 Å². The average Bonchev–Trinajstić information content (AvgIpc) is 3.12. The standard InChI is InChI=1S/C19H18BrN5O3S/c1-3-24-18(13-5-4-6-15(10-13)25(27)28)22-23-19(24)29-11-17(26)21-14-7-8-16(20)12(2)9-14/h4-10H,3,11H2,1-2H3,(H,21,26). The first kappa shape index (κ1) is 21.0. The molecule has 0 aliphatic carbocycles. The summed E-state index contributed by atoms with van der Waals surface area (Å²) >= 11 is 4.70. The number of nitrogens with zero attached hydrogens (tertiary/aromatic N) is 4. The van der Waals surface area contributed by atoms with Crippen LogP contribution in [0.2, 0.25) is 0 Å². The van der Waals surface area contributed by atoms with E-state index in [1.807, 2.05) is 36.6 Å². The molecule has 1 heterocycles. The van der Waals surface area contributed by atoms with E-state index in [1.165, 1.54) is 23.9 Å². The van der Waals surface area contributed by atoms with Gasteiger partial charge in [-0.1, -0.05) is 39.8 Å². The average molecular weight is 476 g/mol. The van der Waals surface area contributed by atoms with Gasteiger partial charge in [0.2, 0.25) is 5.91 Å². The number of aryl methyl sites for hydroxylation is 1. The molecule has 0 unspecified atom stereocenters. The number of nitro benzene ring substituents is 1. The van der Waals surface area contributed by atoms with Crippen LogP contribution in [0.5, 0.6) is 0 Å². The molecule has 2 aromatic carbocycles. The maximum atomic E-state index is 12.3. The summed E-state index contributed by atoms with van der Waals surface area (Å²) in [4.78, 5) is 22.9. The number of halogens is 1. The minimum Gasteiger partial charge on any atom is -0.325 e. The number of rotatable bonds is 7. The molecule has 0 radical (unpaired) electrons. The van der Waals surface area contributed by atoms with E-state index < -0.39 is 4.92 Å². The lowest BCUT2D eigenvalue weighted by atomic mass is 10.2. The summed E-state index contributed by atoms with van der Waals surface area (Å²) < 4.78 is 2.82. The number of amides is 1. The first-order chi connectivity index (χ1) is 13.9. The Labute approximate surface area is 180 Å². The van der Waals surface area contributed by atoms with E-state index >= 15 is 0 Å². The van der Waals surface area contributed by atoms with Crippen LogP contribution in [0, 0.1) is 17.0 Å². The number of nitro groups is 1.